The van der Waals surface area contributed by atoms with E-state index in [1.165, 1.54) is 11.1 Å². The van der Waals surface area contributed by atoms with Gasteiger partial charge >= 0.3 is 0 Å². The van der Waals surface area contributed by atoms with Gasteiger partial charge in [0.15, 0.2) is 0 Å². The highest BCUT2D eigenvalue weighted by Gasteiger charge is 1.93. The third-order valence-electron chi connectivity index (χ3n) is 1.57. The lowest BCUT2D eigenvalue weighted by Gasteiger charge is -1.98. The molecule has 0 saturated heterocycles. The Bertz CT molecular complexity index is 283. The van der Waals surface area contributed by atoms with Crippen LogP contribution in [-0.4, -0.2) is 0 Å². The third-order valence-corrected chi connectivity index (χ3v) is 2.24. The summed E-state index contributed by atoms with van der Waals surface area (Å²) >= 11 is 2.26. The Balaban J connectivity index is 2.97. The number of hydrogen-bond donors (Lipinski definition) is 0. The first-order valence-electron chi connectivity index (χ1n) is 3.87. The highest BCUT2D eigenvalue weighted by Crippen LogP contribution is 2.16. The molecular weight excluding hydrogens is 259 g/mol. The number of benzene rings is 1. The molecule has 0 amide bonds. The summed E-state index contributed by atoms with van der Waals surface area (Å²) in [7, 11) is 0. The molecular formula is C11H11I. The molecule has 0 aliphatic heterocycles. The van der Waals surface area contributed by atoms with E-state index in [0.29, 0.717) is 0 Å². The van der Waals surface area contributed by atoms with Crippen LogP contribution in [0.25, 0.3) is 5.57 Å². The molecule has 1 aromatic rings. The fraction of sp³-hybridized carbons (Fsp3) is 0.0909. The van der Waals surface area contributed by atoms with Crippen molar-refractivity contribution in [3.05, 3.63) is 52.1 Å². The van der Waals surface area contributed by atoms with E-state index in [-0.39, 0.29) is 0 Å². The lowest BCUT2D eigenvalue weighted by Crippen LogP contribution is -1.76. The second-order valence-corrected chi connectivity index (χ2v) is 3.05. The van der Waals surface area contributed by atoms with Crippen molar-refractivity contribution in [1.82, 2.24) is 0 Å². The van der Waals surface area contributed by atoms with E-state index in [1.807, 2.05) is 13.0 Å². The minimum Gasteiger partial charge on any atom is -0.0870 e. The summed E-state index contributed by atoms with van der Waals surface area (Å²) in [5.74, 6) is 0. The van der Waals surface area contributed by atoms with Crippen LogP contribution < -0.4 is 0 Å². The van der Waals surface area contributed by atoms with Crippen LogP contribution in [0.1, 0.15) is 12.5 Å². The zero-order valence-electron chi connectivity index (χ0n) is 7.00. The Kier molecular flexibility index (Phi) is 4.08. The monoisotopic (exact) mass is 270 g/mol. The van der Waals surface area contributed by atoms with Crippen LogP contribution in [0.15, 0.2) is 46.6 Å². The summed E-state index contributed by atoms with van der Waals surface area (Å²) in [5, 5.41) is 0. The topological polar surface area (TPSA) is 0 Å². The Morgan fingerprint density at radius 2 is 1.92 bits per heavy atom. The Morgan fingerprint density at radius 3 is 2.42 bits per heavy atom. The molecule has 0 bridgehead atoms. The highest BCUT2D eigenvalue weighted by molar-refractivity contribution is 14.1. The molecule has 1 aromatic carbocycles. The molecule has 0 nitrogen and oxygen atoms in total. The Hall–Kier alpha value is -0.570. The minimum absolute atomic E-state index is 1.26. The molecule has 0 unspecified atom stereocenters. The minimum atomic E-state index is 1.26. The molecule has 62 valence electrons. The maximum absolute atomic E-state index is 2.26. The zero-order valence-corrected chi connectivity index (χ0v) is 9.15. The van der Waals surface area contributed by atoms with E-state index >= 15 is 0 Å². The van der Waals surface area contributed by atoms with Gasteiger partial charge in [-0.05, 0) is 22.1 Å². The van der Waals surface area contributed by atoms with Crippen LogP contribution in [0.5, 0.6) is 0 Å². The van der Waals surface area contributed by atoms with Gasteiger partial charge in [-0.25, -0.2) is 0 Å². The second kappa shape index (κ2) is 5.14. The standard InChI is InChI=1S/C11H11I/c1-2-6-11(9-12)10-7-4-3-5-8-10/h2-9H,1H3/b6-2-,11-9+. The van der Waals surface area contributed by atoms with Gasteiger partial charge in [-0.2, -0.15) is 0 Å². The normalized spacial score (nSPS) is 12.3. The van der Waals surface area contributed by atoms with E-state index in [9.17, 15) is 0 Å². The molecule has 0 saturated carbocycles. The lowest BCUT2D eigenvalue weighted by molar-refractivity contribution is 1.62. The highest BCUT2D eigenvalue weighted by atomic mass is 127. The van der Waals surface area contributed by atoms with Gasteiger partial charge in [-0.15, -0.1) is 0 Å². The predicted molar refractivity (Wildman–Crippen MR) is 63.3 cm³/mol. The quantitative estimate of drug-likeness (QED) is 0.562. The van der Waals surface area contributed by atoms with E-state index < -0.39 is 0 Å². The fourth-order valence-corrected chi connectivity index (χ4v) is 1.57. The second-order valence-electron chi connectivity index (χ2n) is 2.43. The SMILES string of the molecule is C/C=C\C(=C/I)c1ccccc1. The molecule has 0 radical (unpaired) electrons. The van der Waals surface area contributed by atoms with Crippen LogP contribution in [0.2, 0.25) is 0 Å². The molecule has 0 fully saturated rings. The summed E-state index contributed by atoms with van der Waals surface area (Å²) < 4.78 is 2.09. The van der Waals surface area contributed by atoms with Crippen LogP contribution in [0.3, 0.4) is 0 Å². The third kappa shape index (κ3) is 2.48. The van der Waals surface area contributed by atoms with Gasteiger partial charge in [0.05, 0.1) is 0 Å². The molecule has 12 heavy (non-hydrogen) atoms. The Morgan fingerprint density at radius 1 is 1.25 bits per heavy atom. The number of hydrogen-bond acceptors (Lipinski definition) is 0. The first-order valence-corrected chi connectivity index (χ1v) is 5.11. The number of halogens is 1. The maximum Gasteiger partial charge on any atom is -0.0127 e. The van der Waals surface area contributed by atoms with Crippen molar-refractivity contribution < 1.29 is 0 Å². The van der Waals surface area contributed by atoms with Crippen molar-refractivity contribution >= 4 is 28.2 Å². The molecule has 1 heteroatoms. The average Bonchev–Trinajstić information content (AvgIpc) is 2.15. The maximum atomic E-state index is 2.26. The first-order chi connectivity index (χ1) is 5.88. The van der Waals surface area contributed by atoms with Crippen LogP contribution in [0.4, 0.5) is 0 Å². The largest absolute Gasteiger partial charge is 0.0870 e. The van der Waals surface area contributed by atoms with E-state index in [1.54, 1.807) is 0 Å². The molecule has 0 aliphatic carbocycles. The number of allylic oxidation sites excluding steroid dienone is 3. The summed E-state index contributed by atoms with van der Waals surface area (Å²) in [4.78, 5) is 0. The molecule has 0 heterocycles. The summed E-state index contributed by atoms with van der Waals surface area (Å²) in [5.41, 5.74) is 2.53. The van der Waals surface area contributed by atoms with E-state index in [0.717, 1.165) is 0 Å². The molecule has 0 aliphatic rings. The van der Waals surface area contributed by atoms with E-state index in [4.69, 9.17) is 0 Å². The van der Waals surface area contributed by atoms with Crippen molar-refractivity contribution in [2.45, 2.75) is 6.92 Å². The summed E-state index contributed by atoms with van der Waals surface area (Å²) in [6, 6.07) is 10.4. The van der Waals surface area contributed by atoms with Gasteiger partial charge in [-0.3, -0.25) is 0 Å². The molecule has 0 spiro atoms. The van der Waals surface area contributed by atoms with Gasteiger partial charge in [0.25, 0.3) is 0 Å². The van der Waals surface area contributed by atoms with Crippen molar-refractivity contribution in [2.24, 2.45) is 0 Å². The Labute approximate surface area is 87.1 Å². The van der Waals surface area contributed by atoms with Gasteiger partial charge in [-0.1, -0.05) is 65.1 Å². The van der Waals surface area contributed by atoms with Gasteiger partial charge in [0, 0.05) is 0 Å². The van der Waals surface area contributed by atoms with Gasteiger partial charge < -0.3 is 0 Å². The fourth-order valence-electron chi connectivity index (χ4n) is 1.01. The predicted octanol–water partition coefficient (Wildman–Crippen LogP) is 4.04. The van der Waals surface area contributed by atoms with Gasteiger partial charge in [0.2, 0.25) is 0 Å². The smallest absolute Gasteiger partial charge is 0.0127 e. The lowest BCUT2D eigenvalue weighted by atomic mass is 10.1. The van der Waals surface area contributed by atoms with Crippen LogP contribution in [-0.2, 0) is 0 Å². The molecule has 0 aromatic heterocycles. The first kappa shape index (κ1) is 9.52. The molecule has 1 rings (SSSR count). The average molecular weight is 270 g/mol. The number of rotatable bonds is 2. The van der Waals surface area contributed by atoms with Crippen LogP contribution in [0, 0.1) is 0 Å². The molecule has 0 atom stereocenters. The van der Waals surface area contributed by atoms with E-state index in [2.05, 4.69) is 63.1 Å². The van der Waals surface area contributed by atoms with Gasteiger partial charge in [0.1, 0.15) is 0 Å². The van der Waals surface area contributed by atoms with Crippen molar-refractivity contribution in [3.8, 4) is 0 Å². The van der Waals surface area contributed by atoms with Crippen LogP contribution >= 0.6 is 22.6 Å². The summed E-state index contributed by atoms with van der Waals surface area (Å²) in [6.45, 7) is 2.03. The zero-order chi connectivity index (χ0) is 8.81. The molecule has 0 N–H and O–H groups in total. The van der Waals surface area contributed by atoms with Crippen molar-refractivity contribution in [3.63, 3.8) is 0 Å². The van der Waals surface area contributed by atoms with Crippen molar-refractivity contribution in [1.29, 1.82) is 0 Å². The summed E-state index contributed by atoms with van der Waals surface area (Å²) in [6.07, 6.45) is 4.17. The van der Waals surface area contributed by atoms with Crippen molar-refractivity contribution in [2.75, 3.05) is 0 Å².